The van der Waals surface area contributed by atoms with Crippen LogP contribution in [0.15, 0.2) is 70.7 Å². The molecule has 26 heavy (non-hydrogen) atoms. The van der Waals surface area contributed by atoms with E-state index >= 15 is 0 Å². The van der Waals surface area contributed by atoms with Gasteiger partial charge in [0, 0.05) is 27.7 Å². The standard InChI is InChI=1S/C23H18BrNO/c24-16-7-3-6-15(13-16)23-22-18(9-4-10-20(22)26)21-17-8-2-1-5-14(17)11-12-19(21)25-23/h1-3,5-8,11-13,23,25H,4,9-10H2. The molecule has 1 unspecified atom stereocenters. The van der Waals surface area contributed by atoms with Gasteiger partial charge in [-0.2, -0.15) is 0 Å². The number of carbonyl (C=O) groups is 1. The van der Waals surface area contributed by atoms with E-state index in [1.165, 1.54) is 21.9 Å². The summed E-state index contributed by atoms with van der Waals surface area (Å²) in [5, 5.41) is 6.11. The van der Waals surface area contributed by atoms with Gasteiger partial charge in [-0.3, -0.25) is 4.79 Å². The zero-order valence-corrected chi connectivity index (χ0v) is 15.8. The zero-order valence-electron chi connectivity index (χ0n) is 14.3. The number of ketones is 1. The van der Waals surface area contributed by atoms with Gasteiger partial charge in [-0.1, -0.05) is 58.4 Å². The van der Waals surface area contributed by atoms with E-state index < -0.39 is 0 Å². The normalized spacial score (nSPS) is 19.1. The van der Waals surface area contributed by atoms with Crippen LogP contribution in [0.1, 0.15) is 36.4 Å². The molecule has 0 saturated carbocycles. The second kappa shape index (κ2) is 6.10. The third-order valence-corrected chi connectivity index (χ3v) is 5.95. The number of rotatable bonds is 1. The van der Waals surface area contributed by atoms with Gasteiger partial charge in [-0.15, -0.1) is 0 Å². The molecule has 0 amide bonds. The molecule has 3 heteroatoms. The Labute approximate surface area is 161 Å². The highest BCUT2D eigenvalue weighted by atomic mass is 79.9. The Kier molecular flexibility index (Phi) is 3.71. The minimum atomic E-state index is -0.0797. The lowest BCUT2D eigenvalue weighted by Crippen LogP contribution is -2.27. The molecule has 1 aliphatic heterocycles. The zero-order chi connectivity index (χ0) is 17.7. The number of hydrogen-bond donors (Lipinski definition) is 1. The van der Waals surface area contributed by atoms with Crippen LogP contribution >= 0.6 is 15.9 Å². The number of anilines is 1. The molecule has 5 rings (SSSR count). The summed E-state index contributed by atoms with van der Waals surface area (Å²) in [5.74, 6) is 0.280. The number of halogens is 1. The number of allylic oxidation sites excluding steroid dienone is 1. The lowest BCUT2D eigenvalue weighted by Gasteiger charge is -2.35. The molecule has 1 atom stereocenters. The molecule has 1 aliphatic carbocycles. The molecular weight excluding hydrogens is 386 g/mol. The van der Waals surface area contributed by atoms with E-state index in [4.69, 9.17) is 0 Å². The summed E-state index contributed by atoms with van der Waals surface area (Å²) in [7, 11) is 0. The number of nitrogens with one attached hydrogen (secondary N) is 1. The van der Waals surface area contributed by atoms with E-state index in [0.717, 1.165) is 34.1 Å². The molecule has 0 bridgehead atoms. The van der Waals surface area contributed by atoms with Crippen molar-refractivity contribution in [2.75, 3.05) is 5.32 Å². The van der Waals surface area contributed by atoms with Crippen LogP contribution < -0.4 is 5.32 Å². The van der Waals surface area contributed by atoms with Crippen LogP contribution in [0.5, 0.6) is 0 Å². The minimum absolute atomic E-state index is 0.0797. The van der Waals surface area contributed by atoms with Crippen molar-refractivity contribution in [1.82, 2.24) is 0 Å². The first-order chi connectivity index (χ1) is 12.7. The summed E-state index contributed by atoms with van der Waals surface area (Å²) < 4.78 is 1.03. The number of Topliss-reactive ketones (excluding diaryl/α,β-unsaturated/α-hetero) is 1. The topological polar surface area (TPSA) is 29.1 Å². The molecule has 3 aromatic carbocycles. The quantitative estimate of drug-likeness (QED) is 0.518. The monoisotopic (exact) mass is 403 g/mol. The fourth-order valence-electron chi connectivity index (χ4n) is 4.34. The molecule has 128 valence electrons. The highest BCUT2D eigenvalue weighted by molar-refractivity contribution is 9.10. The highest BCUT2D eigenvalue weighted by Crippen LogP contribution is 2.48. The number of carbonyl (C=O) groups excluding carboxylic acids is 1. The smallest absolute Gasteiger partial charge is 0.161 e. The maximum atomic E-state index is 12.9. The SMILES string of the molecule is O=C1CCCC2=C1C(c1cccc(Br)c1)Nc1ccc3ccccc3c12. The van der Waals surface area contributed by atoms with Crippen molar-refractivity contribution >= 4 is 43.7 Å². The summed E-state index contributed by atoms with van der Waals surface area (Å²) >= 11 is 3.57. The third-order valence-electron chi connectivity index (χ3n) is 5.46. The molecule has 2 aliphatic rings. The fraction of sp³-hybridized carbons (Fsp3) is 0.174. The van der Waals surface area contributed by atoms with Gasteiger partial charge in [-0.25, -0.2) is 0 Å². The van der Waals surface area contributed by atoms with Crippen molar-refractivity contribution < 1.29 is 4.79 Å². The van der Waals surface area contributed by atoms with Crippen molar-refractivity contribution in [1.29, 1.82) is 0 Å². The predicted molar refractivity (Wildman–Crippen MR) is 110 cm³/mol. The Morgan fingerprint density at radius 2 is 1.85 bits per heavy atom. The molecule has 0 fully saturated rings. The van der Waals surface area contributed by atoms with Crippen LogP contribution in [-0.2, 0) is 4.79 Å². The lowest BCUT2D eigenvalue weighted by atomic mass is 9.77. The first kappa shape index (κ1) is 15.8. The Bertz CT molecular complexity index is 1080. The Hall–Kier alpha value is -2.39. The Morgan fingerprint density at radius 3 is 2.73 bits per heavy atom. The van der Waals surface area contributed by atoms with Crippen molar-refractivity contribution in [2.45, 2.75) is 25.3 Å². The average molecular weight is 404 g/mol. The van der Waals surface area contributed by atoms with Gasteiger partial charge in [0.05, 0.1) is 6.04 Å². The summed E-state index contributed by atoms with van der Waals surface area (Å²) in [6.45, 7) is 0. The van der Waals surface area contributed by atoms with Crippen LogP contribution in [0.4, 0.5) is 5.69 Å². The fourth-order valence-corrected chi connectivity index (χ4v) is 4.76. The van der Waals surface area contributed by atoms with Gasteiger partial charge in [-0.05, 0) is 52.9 Å². The molecule has 3 aromatic rings. The average Bonchev–Trinajstić information content (AvgIpc) is 2.67. The van der Waals surface area contributed by atoms with Crippen LogP contribution in [0, 0.1) is 0 Å². The van der Waals surface area contributed by atoms with Gasteiger partial charge in [0.1, 0.15) is 0 Å². The van der Waals surface area contributed by atoms with Gasteiger partial charge in [0.25, 0.3) is 0 Å². The molecule has 1 N–H and O–H groups in total. The first-order valence-electron chi connectivity index (χ1n) is 9.03. The second-order valence-corrected chi connectivity index (χ2v) is 7.93. The first-order valence-corrected chi connectivity index (χ1v) is 9.82. The molecule has 0 aromatic heterocycles. The second-order valence-electron chi connectivity index (χ2n) is 7.01. The van der Waals surface area contributed by atoms with Crippen molar-refractivity contribution in [3.8, 4) is 0 Å². The lowest BCUT2D eigenvalue weighted by molar-refractivity contribution is -0.116. The van der Waals surface area contributed by atoms with E-state index in [0.29, 0.717) is 6.42 Å². The molecular formula is C23H18BrNO. The molecule has 0 radical (unpaired) electrons. The van der Waals surface area contributed by atoms with Crippen LogP contribution in [0.2, 0.25) is 0 Å². The number of fused-ring (bicyclic) bond motifs is 4. The van der Waals surface area contributed by atoms with E-state index in [-0.39, 0.29) is 11.8 Å². The van der Waals surface area contributed by atoms with Gasteiger partial charge in [0.15, 0.2) is 5.78 Å². The summed E-state index contributed by atoms with van der Waals surface area (Å²) in [4.78, 5) is 12.9. The van der Waals surface area contributed by atoms with Gasteiger partial charge in [0.2, 0.25) is 0 Å². The number of hydrogen-bond acceptors (Lipinski definition) is 2. The van der Waals surface area contributed by atoms with Crippen molar-refractivity contribution in [3.05, 3.63) is 81.8 Å². The summed E-state index contributed by atoms with van der Waals surface area (Å²) in [6, 6.07) is 20.9. The van der Waals surface area contributed by atoms with Crippen molar-refractivity contribution in [2.24, 2.45) is 0 Å². The summed E-state index contributed by atoms with van der Waals surface area (Å²) in [5.41, 5.74) is 5.66. The van der Waals surface area contributed by atoms with Crippen LogP contribution in [0.3, 0.4) is 0 Å². The Morgan fingerprint density at radius 1 is 0.962 bits per heavy atom. The summed E-state index contributed by atoms with van der Waals surface area (Å²) in [6.07, 6.45) is 2.55. The van der Waals surface area contributed by atoms with Gasteiger partial charge < -0.3 is 5.32 Å². The van der Waals surface area contributed by atoms with E-state index in [1.54, 1.807) is 0 Å². The highest BCUT2D eigenvalue weighted by Gasteiger charge is 2.34. The minimum Gasteiger partial charge on any atom is -0.373 e. The Balaban J connectivity index is 1.79. The molecule has 1 heterocycles. The van der Waals surface area contributed by atoms with Crippen LogP contribution in [-0.4, -0.2) is 5.78 Å². The number of benzene rings is 3. The maximum Gasteiger partial charge on any atom is 0.161 e. The van der Waals surface area contributed by atoms with E-state index in [1.807, 2.05) is 12.1 Å². The third kappa shape index (κ3) is 2.42. The van der Waals surface area contributed by atoms with Crippen LogP contribution in [0.25, 0.3) is 16.3 Å². The molecule has 0 spiro atoms. The van der Waals surface area contributed by atoms with E-state index in [9.17, 15) is 4.79 Å². The largest absolute Gasteiger partial charge is 0.373 e. The molecule has 0 saturated heterocycles. The predicted octanol–water partition coefficient (Wildman–Crippen LogP) is 6.28. The van der Waals surface area contributed by atoms with Gasteiger partial charge >= 0.3 is 0 Å². The maximum absolute atomic E-state index is 12.9. The molecule has 2 nitrogen and oxygen atoms in total. The van der Waals surface area contributed by atoms with E-state index in [2.05, 4.69) is 69.8 Å². The van der Waals surface area contributed by atoms with Crippen molar-refractivity contribution in [3.63, 3.8) is 0 Å².